The maximum absolute atomic E-state index is 8.90. The van der Waals surface area contributed by atoms with Gasteiger partial charge in [-0.2, -0.15) is 0 Å². The summed E-state index contributed by atoms with van der Waals surface area (Å²) in [6, 6.07) is 0. The van der Waals surface area contributed by atoms with Crippen molar-refractivity contribution in [2.75, 3.05) is 72.6 Å². The van der Waals surface area contributed by atoms with E-state index in [-0.39, 0.29) is 13.2 Å². The number of nitrogens with zero attached hydrogens (tertiary/aromatic N) is 3. The number of piperazine rings is 1. The van der Waals surface area contributed by atoms with Gasteiger partial charge < -0.3 is 20.0 Å². The zero-order valence-corrected chi connectivity index (χ0v) is 11.0. The second kappa shape index (κ2) is 8.83. The van der Waals surface area contributed by atoms with Crippen LogP contribution in [0.15, 0.2) is 0 Å². The third-order valence-electron chi connectivity index (χ3n) is 3.38. The van der Waals surface area contributed by atoms with Crippen molar-refractivity contribution in [2.24, 2.45) is 0 Å². The molecule has 0 aromatic rings. The SMILES string of the molecule is CN1CCN(CCCN(CCO)CCO)CC1. The molecule has 1 aliphatic heterocycles. The highest BCUT2D eigenvalue weighted by atomic mass is 16.3. The fourth-order valence-electron chi connectivity index (χ4n) is 2.21. The van der Waals surface area contributed by atoms with E-state index in [4.69, 9.17) is 10.2 Å². The molecule has 0 radical (unpaired) electrons. The van der Waals surface area contributed by atoms with Crippen molar-refractivity contribution in [1.29, 1.82) is 0 Å². The van der Waals surface area contributed by atoms with Crippen molar-refractivity contribution < 1.29 is 10.2 Å². The predicted octanol–water partition coefficient (Wildman–Crippen LogP) is -1.09. The molecule has 102 valence electrons. The van der Waals surface area contributed by atoms with E-state index >= 15 is 0 Å². The van der Waals surface area contributed by atoms with Gasteiger partial charge in [-0.3, -0.25) is 4.90 Å². The lowest BCUT2D eigenvalue weighted by atomic mass is 10.3. The number of rotatable bonds is 8. The molecule has 0 aromatic carbocycles. The van der Waals surface area contributed by atoms with Crippen LogP contribution in [-0.2, 0) is 0 Å². The van der Waals surface area contributed by atoms with Gasteiger partial charge in [0.25, 0.3) is 0 Å². The van der Waals surface area contributed by atoms with Gasteiger partial charge in [0.2, 0.25) is 0 Å². The Morgan fingerprint density at radius 2 is 1.53 bits per heavy atom. The molecule has 0 bridgehead atoms. The summed E-state index contributed by atoms with van der Waals surface area (Å²) in [5.74, 6) is 0. The first-order valence-electron chi connectivity index (χ1n) is 6.61. The van der Waals surface area contributed by atoms with Crippen LogP contribution in [0.1, 0.15) is 6.42 Å². The highest BCUT2D eigenvalue weighted by molar-refractivity contribution is 4.69. The molecule has 1 saturated heterocycles. The number of hydrogen-bond donors (Lipinski definition) is 2. The third kappa shape index (κ3) is 6.33. The van der Waals surface area contributed by atoms with E-state index in [9.17, 15) is 0 Å². The number of aliphatic hydroxyl groups is 2. The lowest BCUT2D eigenvalue weighted by Crippen LogP contribution is -2.45. The van der Waals surface area contributed by atoms with Gasteiger partial charge in [-0.25, -0.2) is 0 Å². The monoisotopic (exact) mass is 245 g/mol. The van der Waals surface area contributed by atoms with E-state index in [1.165, 1.54) is 0 Å². The Labute approximate surface area is 105 Å². The molecule has 1 aliphatic rings. The van der Waals surface area contributed by atoms with Crippen molar-refractivity contribution >= 4 is 0 Å². The van der Waals surface area contributed by atoms with Gasteiger partial charge in [-0.05, 0) is 26.6 Å². The summed E-state index contributed by atoms with van der Waals surface area (Å²) in [6.45, 7) is 8.44. The second-order valence-electron chi connectivity index (χ2n) is 4.79. The average Bonchev–Trinajstić information content (AvgIpc) is 2.32. The molecule has 2 N–H and O–H groups in total. The van der Waals surface area contributed by atoms with E-state index < -0.39 is 0 Å². The summed E-state index contributed by atoms with van der Waals surface area (Å²) in [5.41, 5.74) is 0. The number of aliphatic hydroxyl groups excluding tert-OH is 2. The molecule has 1 heterocycles. The van der Waals surface area contributed by atoms with Crippen molar-refractivity contribution in [1.82, 2.24) is 14.7 Å². The van der Waals surface area contributed by atoms with Gasteiger partial charge in [0.15, 0.2) is 0 Å². The topological polar surface area (TPSA) is 50.2 Å². The highest BCUT2D eigenvalue weighted by Gasteiger charge is 2.13. The first-order chi connectivity index (χ1) is 8.26. The Morgan fingerprint density at radius 1 is 0.941 bits per heavy atom. The molecule has 5 nitrogen and oxygen atoms in total. The molecule has 5 heteroatoms. The quantitative estimate of drug-likeness (QED) is 0.569. The maximum atomic E-state index is 8.90. The smallest absolute Gasteiger partial charge is 0.0558 e. The molecule has 0 spiro atoms. The average molecular weight is 245 g/mol. The summed E-state index contributed by atoms with van der Waals surface area (Å²) >= 11 is 0. The normalized spacial score (nSPS) is 19.1. The van der Waals surface area contributed by atoms with Crippen molar-refractivity contribution in [2.45, 2.75) is 6.42 Å². The largest absolute Gasteiger partial charge is 0.395 e. The molecular formula is C12H27N3O2. The molecule has 0 unspecified atom stereocenters. The van der Waals surface area contributed by atoms with E-state index in [2.05, 4.69) is 21.7 Å². The summed E-state index contributed by atoms with van der Waals surface area (Å²) in [5, 5.41) is 17.8. The van der Waals surface area contributed by atoms with Crippen LogP contribution in [-0.4, -0.2) is 97.5 Å². The van der Waals surface area contributed by atoms with Crippen LogP contribution in [0.25, 0.3) is 0 Å². The Morgan fingerprint density at radius 3 is 2.06 bits per heavy atom. The number of hydrogen-bond acceptors (Lipinski definition) is 5. The van der Waals surface area contributed by atoms with Crippen LogP contribution in [0, 0.1) is 0 Å². The van der Waals surface area contributed by atoms with E-state index in [0.717, 1.165) is 45.7 Å². The zero-order chi connectivity index (χ0) is 12.5. The summed E-state index contributed by atoms with van der Waals surface area (Å²) in [4.78, 5) is 6.98. The summed E-state index contributed by atoms with van der Waals surface area (Å²) in [6.07, 6.45) is 1.11. The molecule has 0 aromatic heterocycles. The molecule has 0 atom stereocenters. The minimum absolute atomic E-state index is 0.175. The Bertz CT molecular complexity index is 179. The van der Waals surface area contributed by atoms with E-state index in [0.29, 0.717) is 13.1 Å². The number of likely N-dealkylation sites (N-methyl/N-ethyl adjacent to an activating group) is 1. The van der Waals surface area contributed by atoms with Crippen LogP contribution in [0.4, 0.5) is 0 Å². The molecular weight excluding hydrogens is 218 g/mol. The van der Waals surface area contributed by atoms with Gasteiger partial charge in [-0.1, -0.05) is 0 Å². The Kier molecular flexibility index (Phi) is 7.72. The zero-order valence-electron chi connectivity index (χ0n) is 11.0. The fourth-order valence-corrected chi connectivity index (χ4v) is 2.21. The Balaban J connectivity index is 2.08. The Hall–Kier alpha value is -0.200. The van der Waals surface area contributed by atoms with Gasteiger partial charge >= 0.3 is 0 Å². The first kappa shape index (κ1) is 14.9. The molecule has 0 saturated carbocycles. The molecule has 0 aliphatic carbocycles. The second-order valence-corrected chi connectivity index (χ2v) is 4.79. The van der Waals surface area contributed by atoms with Gasteiger partial charge in [0.05, 0.1) is 13.2 Å². The van der Waals surface area contributed by atoms with Gasteiger partial charge in [0, 0.05) is 39.3 Å². The first-order valence-corrected chi connectivity index (χ1v) is 6.61. The third-order valence-corrected chi connectivity index (χ3v) is 3.38. The van der Waals surface area contributed by atoms with Crippen molar-refractivity contribution in [3.8, 4) is 0 Å². The minimum atomic E-state index is 0.175. The van der Waals surface area contributed by atoms with Crippen LogP contribution >= 0.6 is 0 Å². The molecule has 1 rings (SSSR count). The molecule has 17 heavy (non-hydrogen) atoms. The van der Waals surface area contributed by atoms with Crippen LogP contribution in [0.3, 0.4) is 0 Å². The van der Waals surface area contributed by atoms with Crippen molar-refractivity contribution in [3.63, 3.8) is 0 Å². The van der Waals surface area contributed by atoms with Crippen LogP contribution in [0.2, 0.25) is 0 Å². The lowest BCUT2D eigenvalue weighted by Gasteiger charge is -2.32. The standard InChI is InChI=1S/C12H27N3O2/c1-13-5-7-14(8-6-13)3-2-4-15(9-11-16)10-12-17/h16-17H,2-12H2,1H3. The lowest BCUT2D eigenvalue weighted by molar-refractivity contribution is 0.132. The minimum Gasteiger partial charge on any atom is -0.395 e. The fraction of sp³-hybridized carbons (Fsp3) is 1.00. The van der Waals surface area contributed by atoms with Crippen LogP contribution < -0.4 is 0 Å². The highest BCUT2D eigenvalue weighted by Crippen LogP contribution is 2.01. The van der Waals surface area contributed by atoms with E-state index in [1.807, 2.05) is 0 Å². The summed E-state index contributed by atoms with van der Waals surface area (Å²) in [7, 11) is 2.17. The summed E-state index contributed by atoms with van der Waals surface area (Å²) < 4.78 is 0. The maximum Gasteiger partial charge on any atom is 0.0558 e. The molecule has 0 amide bonds. The van der Waals surface area contributed by atoms with Gasteiger partial charge in [0.1, 0.15) is 0 Å². The van der Waals surface area contributed by atoms with Crippen molar-refractivity contribution in [3.05, 3.63) is 0 Å². The predicted molar refractivity (Wildman–Crippen MR) is 69.2 cm³/mol. The van der Waals surface area contributed by atoms with Gasteiger partial charge in [-0.15, -0.1) is 0 Å². The molecule has 1 fully saturated rings. The van der Waals surface area contributed by atoms with E-state index in [1.54, 1.807) is 0 Å². The van der Waals surface area contributed by atoms with Crippen LogP contribution in [0.5, 0.6) is 0 Å².